The first-order valence-corrected chi connectivity index (χ1v) is 3.51. The molecular formula is C8H13O. The number of ether oxygens (including phenoxy) is 1. The average molecular weight is 125 g/mol. The molecule has 9 heavy (non-hydrogen) atoms. The molecule has 0 saturated heterocycles. The molecule has 0 amide bonds. The molecule has 0 spiro atoms. The van der Waals surface area contributed by atoms with Gasteiger partial charge in [-0.1, -0.05) is 6.58 Å². The predicted molar refractivity (Wildman–Crippen MR) is 37.8 cm³/mol. The summed E-state index contributed by atoms with van der Waals surface area (Å²) in [6, 6.07) is 0. The third-order valence-corrected chi connectivity index (χ3v) is 1.67. The first-order chi connectivity index (χ1) is 4.43. The Hall–Kier alpha value is -0.460. The molecule has 0 aromatic carbocycles. The summed E-state index contributed by atoms with van der Waals surface area (Å²) >= 11 is 0. The molecule has 1 aliphatic rings. The third-order valence-electron chi connectivity index (χ3n) is 1.67. The summed E-state index contributed by atoms with van der Waals surface area (Å²) in [4.78, 5) is 0. The Kier molecular flexibility index (Phi) is 2.62. The fourth-order valence-corrected chi connectivity index (χ4v) is 1.17. The van der Waals surface area contributed by atoms with Crippen molar-refractivity contribution in [1.82, 2.24) is 0 Å². The van der Waals surface area contributed by atoms with Gasteiger partial charge in [0.1, 0.15) is 0 Å². The quantitative estimate of drug-likeness (QED) is 0.514. The zero-order chi connectivity index (χ0) is 6.53. The van der Waals surface area contributed by atoms with Crippen molar-refractivity contribution in [2.24, 2.45) is 0 Å². The van der Waals surface area contributed by atoms with Crippen LogP contribution in [0.5, 0.6) is 0 Å². The first kappa shape index (κ1) is 6.66. The van der Waals surface area contributed by atoms with E-state index in [1.807, 2.05) is 0 Å². The largest absolute Gasteiger partial charge is 0.499 e. The zero-order valence-electron chi connectivity index (χ0n) is 5.68. The van der Waals surface area contributed by atoms with Crippen LogP contribution < -0.4 is 0 Å². The third kappa shape index (κ3) is 2.08. The zero-order valence-corrected chi connectivity index (χ0v) is 5.68. The van der Waals surface area contributed by atoms with Gasteiger partial charge < -0.3 is 4.74 Å². The Bertz CT molecular complexity index is 82.6. The smallest absolute Gasteiger partial charge is 0.0978 e. The Morgan fingerprint density at radius 1 is 1.44 bits per heavy atom. The Balaban J connectivity index is 2.15. The van der Waals surface area contributed by atoms with Gasteiger partial charge >= 0.3 is 0 Å². The second kappa shape index (κ2) is 3.54. The maximum absolute atomic E-state index is 5.23. The molecule has 1 rings (SSSR count). The predicted octanol–water partition coefficient (Wildman–Crippen LogP) is 2.29. The summed E-state index contributed by atoms with van der Waals surface area (Å²) in [5, 5.41) is 0. The van der Waals surface area contributed by atoms with Crippen LogP contribution in [0.15, 0.2) is 12.8 Å². The molecule has 1 nitrogen and oxygen atoms in total. The molecule has 1 heteroatoms. The topological polar surface area (TPSA) is 9.23 Å². The summed E-state index contributed by atoms with van der Waals surface area (Å²) in [7, 11) is 0. The van der Waals surface area contributed by atoms with Gasteiger partial charge in [0.25, 0.3) is 0 Å². The molecule has 0 aromatic rings. The normalized spacial score (nSPS) is 21.3. The minimum absolute atomic E-state index is 0.451. The minimum Gasteiger partial charge on any atom is -0.499 e. The van der Waals surface area contributed by atoms with E-state index in [9.17, 15) is 0 Å². The van der Waals surface area contributed by atoms with Crippen LogP contribution in [0.4, 0.5) is 0 Å². The van der Waals surface area contributed by atoms with Crippen molar-refractivity contribution in [1.29, 1.82) is 0 Å². The van der Waals surface area contributed by atoms with Crippen molar-refractivity contribution in [2.75, 3.05) is 0 Å². The summed E-state index contributed by atoms with van der Waals surface area (Å²) in [6.45, 7) is 3.52. The van der Waals surface area contributed by atoms with Gasteiger partial charge in [0.2, 0.25) is 0 Å². The maximum Gasteiger partial charge on any atom is 0.0978 e. The lowest BCUT2D eigenvalue weighted by atomic mass is 9.98. The highest BCUT2D eigenvalue weighted by Crippen LogP contribution is 2.19. The van der Waals surface area contributed by atoms with Crippen molar-refractivity contribution < 1.29 is 4.74 Å². The molecule has 1 radical (unpaired) electrons. The van der Waals surface area contributed by atoms with E-state index in [4.69, 9.17) is 4.74 Å². The van der Waals surface area contributed by atoms with Gasteiger partial charge in [-0.05, 0) is 32.1 Å². The summed E-state index contributed by atoms with van der Waals surface area (Å²) in [6.07, 6.45) is 9.08. The van der Waals surface area contributed by atoms with Crippen molar-refractivity contribution in [3.8, 4) is 0 Å². The highest BCUT2D eigenvalue weighted by atomic mass is 16.5. The van der Waals surface area contributed by atoms with E-state index < -0.39 is 0 Å². The van der Waals surface area contributed by atoms with E-state index in [1.54, 1.807) is 6.26 Å². The Morgan fingerprint density at radius 3 is 2.67 bits per heavy atom. The standard InChI is InChI=1S/C8H13O/c1-2-9-8-6-4-3-5-7-8/h2-3,8H,1,4-7H2. The fourth-order valence-electron chi connectivity index (χ4n) is 1.17. The van der Waals surface area contributed by atoms with E-state index in [1.165, 1.54) is 25.7 Å². The van der Waals surface area contributed by atoms with Crippen LogP contribution in [-0.4, -0.2) is 6.10 Å². The SMILES string of the molecule is C=COC1CC[CH]CC1. The van der Waals surface area contributed by atoms with Crippen LogP contribution in [0.1, 0.15) is 25.7 Å². The van der Waals surface area contributed by atoms with E-state index in [0.717, 1.165) is 0 Å². The van der Waals surface area contributed by atoms with Gasteiger partial charge in [-0.3, -0.25) is 0 Å². The van der Waals surface area contributed by atoms with E-state index in [0.29, 0.717) is 6.10 Å². The molecular weight excluding hydrogens is 112 g/mol. The van der Waals surface area contributed by atoms with Gasteiger partial charge in [-0.15, -0.1) is 0 Å². The lowest BCUT2D eigenvalue weighted by molar-refractivity contribution is 0.117. The lowest BCUT2D eigenvalue weighted by Crippen LogP contribution is -2.13. The van der Waals surface area contributed by atoms with Gasteiger partial charge in [-0.2, -0.15) is 0 Å². The molecule has 1 fully saturated rings. The Morgan fingerprint density at radius 2 is 2.11 bits per heavy atom. The average Bonchev–Trinajstić information content (AvgIpc) is 1.91. The molecule has 0 heterocycles. The summed E-state index contributed by atoms with van der Waals surface area (Å²) in [5.74, 6) is 0. The molecule has 0 aromatic heterocycles. The molecule has 0 unspecified atom stereocenters. The van der Waals surface area contributed by atoms with Crippen molar-refractivity contribution in [2.45, 2.75) is 31.8 Å². The Labute approximate surface area is 56.7 Å². The van der Waals surface area contributed by atoms with E-state index in [2.05, 4.69) is 13.0 Å². The van der Waals surface area contributed by atoms with Crippen molar-refractivity contribution >= 4 is 0 Å². The second-order valence-electron chi connectivity index (χ2n) is 2.37. The van der Waals surface area contributed by atoms with Crippen LogP contribution in [0.2, 0.25) is 0 Å². The van der Waals surface area contributed by atoms with Crippen LogP contribution in [0.3, 0.4) is 0 Å². The minimum atomic E-state index is 0.451. The highest BCUT2D eigenvalue weighted by molar-refractivity contribution is 4.77. The molecule has 1 aliphatic carbocycles. The number of hydrogen-bond donors (Lipinski definition) is 0. The van der Waals surface area contributed by atoms with Crippen LogP contribution in [0.25, 0.3) is 0 Å². The van der Waals surface area contributed by atoms with Gasteiger partial charge in [0.15, 0.2) is 0 Å². The second-order valence-corrected chi connectivity index (χ2v) is 2.37. The molecule has 0 aliphatic heterocycles. The van der Waals surface area contributed by atoms with Crippen LogP contribution >= 0.6 is 0 Å². The monoisotopic (exact) mass is 125 g/mol. The van der Waals surface area contributed by atoms with Crippen molar-refractivity contribution in [3.63, 3.8) is 0 Å². The number of rotatable bonds is 2. The first-order valence-electron chi connectivity index (χ1n) is 3.51. The maximum atomic E-state index is 5.23. The van der Waals surface area contributed by atoms with E-state index in [-0.39, 0.29) is 0 Å². The van der Waals surface area contributed by atoms with E-state index >= 15 is 0 Å². The number of hydrogen-bond acceptors (Lipinski definition) is 1. The lowest BCUT2D eigenvalue weighted by Gasteiger charge is -2.20. The summed E-state index contributed by atoms with van der Waals surface area (Å²) in [5.41, 5.74) is 0. The fraction of sp³-hybridized carbons (Fsp3) is 0.625. The van der Waals surface area contributed by atoms with Crippen LogP contribution in [-0.2, 0) is 4.74 Å². The van der Waals surface area contributed by atoms with Crippen molar-refractivity contribution in [3.05, 3.63) is 19.3 Å². The molecule has 0 bridgehead atoms. The van der Waals surface area contributed by atoms with Gasteiger partial charge in [0, 0.05) is 0 Å². The summed E-state index contributed by atoms with van der Waals surface area (Å²) < 4.78 is 5.23. The van der Waals surface area contributed by atoms with Crippen LogP contribution in [0, 0.1) is 6.42 Å². The molecule has 0 atom stereocenters. The van der Waals surface area contributed by atoms with Gasteiger partial charge in [-0.25, -0.2) is 0 Å². The molecule has 51 valence electrons. The molecule has 1 saturated carbocycles. The molecule has 0 N–H and O–H groups in total. The van der Waals surface area contributed by atoms with Gasteiger partial charge in [0.05, 0.1) is 12.4 Å². The highest BCUT2D eigenvalue weighted by Gasteiger charge is 2.11.